The van der Waals surface area contributed by atoms with E-state index >= 15 is 0 Å². The van der Waals surface area contributed by atoms with Gasteiger partial charge in [-0.3, -0.25) is 0 Å². The molecule has 0 saturated carbocycles. The molecule has 0 atom stereocenters. The zero-order chi connectivity index (χ0) is 10.1. The van der Waals surface area contributed by atoms with Crippen LogP contribution in [0, 0.1) is 5.41 Å². The molecule has 1 nitrogen and oxygen atoms in total. The van der Waals surface area contributed by atoms with Crippen molar-refractivity contribution in [3.05, 3.63) is 36.4 Å². The molecule has 0 radical (unpaired) electrons. The van der Waals surface area contributed by atoms with E-state index in [1.54, 1.807) is 0 Å². The van der Waals surface area contributed by atoms with Gasteiger partial charge in [0.15, 0.2) is 0 Å². The smallest absolute Gasteiger partial charge is 0.0314 e. The number of nitrogens with two attached hydrogens (primary N) is 1. The molecule has 0 spiro atoms. The van der Waals surface area contributed by atoms with Crippen LogP contribution in [0.2, 0.25) is 0 Å². The Morgan fingerprint density at radius 1 is 1.15 bits per heavy atom. The molecule has 0 fully saturated rings. The first-order valence-corrected chi connectivity index (χ1v) is 4.46. The van der Waals surface area contributed by atoms with Crippen LogP contribution in [0.1, 0.15) is 26.3 Å². The van der Waals surface area contributed by atoms with Crippen molar-refractivity contribution in [1.82, 2.24) is 0 Å². The minimum Gasteiger partial charge on any atom is -0.399 e. The highest BCUT2D eigenvalue weighted by molar-refractivity contribution is 5.68. The van der Waals surface area contributed by atoms with E-state index in [1.165, 1.54) is 5.56 Å². The third-order valence-corrected chi connectivity index (χ3v) is 2.16. The molecular weight excluding hydrogens is 158 g/mol. The first kappa shape index (κ1) is 9.85. The fourth-order valence-corrected chi connectivity index (χ4v) is 1.12. The second kappa shape index (κ2) is 3.25. The minimum absolute atomic E-state index is 0.121. The summed E-state index contributed by atoms with van der Waals surface area (Å²) >= 11 is 0. The van der Waals surface area contributed by atoms with Gasteiger partial charge in [-0.25, -0.2) is 0 Å². The van der Waals surface area contributed by atoms with Crippen LogP contribution in [0.15, 0.2) is 30.8 Å². The quantitative estimate of drug-likeness (QED) is 0.651. The normalized spacial score (nSPS) is 11.3. The Labute approximate surface area is 80.3 Å². The maximum Gasteiger partial charge on any atom is 0.0314 e. The van der Waals surface area contributed by atoms with Gasteiger partial charge in [0.2, 0.25) is 0 Å². The molecule has 0 saturated heterocycles. The van der Waals surface area contributed by atoms with Gasteiger partial charge in [-0.1, -0.05) is 39.5 Å². The zero-order valence-electron chi connectivity index (χ0n) is 8.59. The molecule has 0 aliphatic carbocycles. The van der Waals surface area contributed by atoms with Crippen LogP contribution in [0.3, 0.4) is 0 Å². The lowest BCUT2D eigenvalue weighted by atomic mass is 9.83. The van der Waals surface area contributed by atoms with Crippen LogP contribution in [0.4, 0.5) is 5.69 Å². The molecule has 0 unspecified atom stereocenters. The van der Waals surface area contributed by atoms with Crippen LogP contribution in [-0.4, -0.2) is 0 Å². The predicted octanol–water partition coefficient (Wildman–Crippen LogP) is 3.33. The van der Waals surface area contributed by atoms with Crippen LogP contribution < -0.4 is 5.73 Å². The maximum absolute atomic E-state index is 5.61. The van der Waals surface area contributed by atoms with E-state index in [9.17, 15) is 0 Å². The standard InChI is InChI=1S/C12H17N/c1-9(12(2,3)4)10-5-7-11(13)8-6-10/h5-8H,1,13H2,2-4H3. The van der Waals surface area contributed by atoms with E-state index in [2.05, 4.69) is 27.4 Å². The highest BCUT2D eigenvalue weighted by Gasteiger charge is 2.15. The molecule has 1 aromatic carbocycles. The number of allylic oxidation sites excluding steroid dienone is 1. The maximum atomic E-state index is 5.61. The molecule has 1 aromatic rings. The summed E-state index contributed by atoms with van der Waals surface area (Å²) in [7, 11) is 0. The molecule has 0 heterocycles. The zero-order valence-corrected chi connectivity index (χ0v) is 8.59. The average molecular weight is 175 g/mol. The molecule has 0 bridgehead atoms. The van der Waals surface area contributed by atoms with E-state index < -0.39 is 0 Å². The average Bonchev–Trinajstić information content (AvgIpc) is 2.03. The van der Waals surface area contributed by atoms with Gasteiger partial charge < -0.3 is 5.73 Å². The summed E-state index contributed by atoms with van der Waals surface area (Å²) < 4.78 is 0. The third kappa shape index (κ3) is 2.35. The lowest BCUT2D eigenvalue weighted by molar-refractivity contribution is 0.568. The first-order valence-electron chi connectivity index (χ1n) is 4.46. The number of nitrogen functional groups attached to an aromatic ring is 1. The summed E-state index contributed by atoms with van der Waals surface area (Å²) in [6, 6.07) is 7.85. The SMILES string of the molecule is C=C(c1ccc(N)cc1)C(C)(C)C. The Morgan fingerprint density at radius 3 is 2.00 bits per heavy atom. The molecule has 1 heteroatoms. The summed E-state index contributed by atoms with van der Waals surface area (Å²) in [5.41, 5.74) is 8.84. The number of benzene rings is 1. The van der Waals surface area contributed by atoms with E-state index in [4.69, 9.17) is 5.73 Å². The molecule has 0 amide bonds. The Morgan fingerprint density at radius 2 is 1.62 bits per heavy atom. The monoisotopic (exact) mass is 175 g/mol. The van der Waals surface area contributed by atoms with Crippen molar-refractivity contribution < 1.29 is 0 Å². The molecule has 1 rings (SSSR count). The molecular formula is C12H17N. The van der Waals surface area contributed by atoms with Crippen molar-refractivity contribution in [2.24, 2.45) is 5.41 Å². The van der Waals surface area contributed by atoms with Crippen molar-refractivity contribution >= 4 is 11.3 Å². The molecule has 70 valence electrons. The summed E-state index contributed by atoms with van der Waals surface area (Å²) in [6.45, 7) is 10.6. The van der Waals surface area contributed by atoms with Crippen molar-refractivity contribution in [3.8, 4) is 0 Å². The molecule has 2 N–H and O–H groups in total. The van der Waals surface area contributed by atoms with Gasteiger partial charge in [0.25, 0.3) is 0 Å². The molecule has 0 aliphatic heterocycles. The van der Waals surface area contributed by atoms with Crippen molar-refractivity contribution in [3.63, 3.8) is 0 Å². The fourth-order valence-electron chi connectivity index (χ4n) is 1.12. The summed E-state index contributed by atoms with van der Waals surface area (Å²) in [5.74, 6) is 0. The van der Waals surface area contributed by atoms with Crippen LogP contribution in [0.5, 0.6) is 0 Å². The van der Waals surface area contributed by atoms with E-state index in [0.717, 1.165) is 11.3 Å². The largest absolute Gasteiger partial charge is 0.399 e. The van der Waals surface area contributed by atoms with Gasteiger partial charge >= 0.3 is 0 Å². The molecule has 13 heavy (non-hydrogen) atoms. The van der Waals surface area contributed by atoms with E-state index in [-0.39, 0.29) is 5.41 Å². The van der Waals surface area contributed by atoms with Gasteiger partial charge in [0.05, 0.1) is 0 Å². The highest BCUT2D eigenvalue weighted by atomic mass is 14.5. The van der Waals surface area contributed by atoms with Crippen LogP contribution in [0.25, 0.3) is 5.57 Å². The molecule has 0 aliphatic rings. The van der Waals surface area contributed by atoms with Crippen LogP contribution >= 0.6 is 0 Å². The van der Waals surface area contributed by atoms with Crippen LogP contribution in [-0.2, 0) is 0 Å². The number of rotatable bonds is 1. The lowest BCUT2D eigenvalue weighted by Crippen LogP contribution is -2.07. The summed E-state index contributed by atoms with van der Waals surface area (Å²) in [5, 5.41) is 0. The minimum atomic E-state index is 0.121. The van der Waals surface area contributed by atoms with E-state index in [1.807, 2.05) is 24.3 Å². The van der Waals surface area contributed by atoms with Gasteiger partial charge in [0, 0.05) is 5.69 Å². The fraction of sp³-hybridized carbons (Fsp3) is 0.333. The topological polar surface area (TPSA) is 26.0 Å². The summed E-state index contributed by atoms with van der Waals surface area (Å²) in [6.07, 6.45) is 0. The second-order valence-corrected chi connectivity index (χ2v) is 4.35. The Bertz CT molecular complexity index is 301. The number of anilines is 1. The van der Waals surface area contributed by atoms with Gasteiger partial charge in [-0.2, -0.15) is 0 Å². The van der Waals surface area contributed by atoms with Crippen molar-refractivity contribution in [1.29, 1.82) is 0 Å². The van der Waals surface area contributed by atoms with E-state index in [0.29, 0.717) is 0 Å². The van der Waals surface area contributed by atoms with Gasteiger partial charge in [-0.15, -0.1) is 0 Å². The number of hydrogen-bond donors (Lipinski definition) is 1. The number of hydrogen-bond acceptors (Lipinski definition) is 1. The van der Waals surface area contributed by atoms with Crippen molar-refractivity contribution in [2.75, 3.05) is 5.73 Å². The van der Waals surface area contributed by atoms with Gasteiger partial charge in [-0.05, 0) is 28.7 Å². The van der Waals surface area contributed by atoms with Gasteiger partial charge in [0.1, 0.15) is 0 Å². The molecule has 0 aromatic heterocycles. The third-order valence-electron chi connectivity index (χ3n) is 2.16. The first-order chi connectivity index (χ1) is 5.91. The highest BCUT2D eigenvalue weighted by Crippen LogP contribution is 2.32. The Kier molecular flexibility index (Phi) is 2.46. The predicted molar refractivity (Wildman–Crippen MR) is 59.3 cm³/mol. The Balaban J connectivity index is 2.97. The van der Waals surface area contributed by atoms with Crippen molar-refractivity contribution in [2.45, 2.75) is 20.8 Å². The Hall–Kier alpha value is -1.24. The lowest BCUT2D eigenvalue weighted by Gasteiger charge is -2.22. The second-order valence-electron chi connectivity index (χ2n) is 4.35. The summed E-state index contributed by atoms with van der Waals surface area (Å²) in [4.78, 5) is 0.